The Labute approximate surface area is 123 Å². The van der Waals surface area contributed by atoms with Crippen molar-refractivity contribution in [1.29, 1.82) is 0 Å². The number of para-hydroxylation sites is 1. The summed E-state index contributed by atoms with van der Waals surface area (Å²) < 4.78 is 0. The van der Waals surface area contributed by atoms with Crippen LogP contribution in [0.2, 0.25) is 0 Å². The maximum Gasteiger partial charge on any atom is 0.337 e. The number of nitrogens with zero attached hydrogens (tertiary/aromatic N) is 3. The van der Waals surface area contributed by atoms with Crippen molar-refractivity contribution in [2.45, 2.75) is 0 Å². The van der Waals surface area contributed by atoms with E-state index < -0.39 is 12.0 Å². The number of benzene rings is 1. The lowest BCUT2D eigenvalue weighted by molar-refractivity contribution is -0.129. The van der Waals surface area contributed by atoms with Gasteiger partial charge < -0.3 is 14.9 Å². The molecule has 0 aliphatic carbocycles. The van der Waals surface area contributed by atoms with Crippen molar-refractivity contribution in [2.75, 3.05) is 39.6 Å². The summed E-state index contributed by atoms with van der Waals surface area (Å²) in [7, 11) is 6.17. The van der Waals surface area contributed by atoms with Crippen LogP contribution in [0.4, 0.5) is 10.5 Å². The Morgan fingerprint density at radius 1 is 1.05 bits per heavy atom. The van der Waals surface area contributed by atoms with Crippen LogP contribution in [-0.4, -0.2) is 67.5 Å². The van der Waals surface area contributed by atoms with Gasteiger partial charge in [-0.05, 0) is 12.1 Å². The highest BCUT2D eigenvalue weighted by Gasteiger charge is 2.22. The maximum atomic E-state index is 12.3. The first-order valence-electron chi connectivity index (χ1n) is 6.27. The van der Waals surface area contributed by atoms with Crippen LogP contribution >= 0.6 is 0 Å². The van der Waals surface area contributed by atoms with Crippen LogP contribution in [0.5, 0.6) is 0 Å². The molecule has 21 heavy (non-hydrogen) atoms. The second-order valence-corrected chi connectivity index (χ2v) is 4.81. The number of anilines is 1. The first-order valence-corrected chi connectivity index (χ1v) is 6.27. The SMILES string of the molecule is CN(C)C(=O)CN(C)C(=O)N(C)c1ccccc1C(=O)O. The number of carboxylic acid groups (broad SMARTS) is 1. The molecule has 7 heteroatoms. The van der Waals surface area contributed by atoms with Crippen molar-refractivity contribution < 1.29 is 19.5 Å². The highest BCUT2D eigenvalue weighted by atomic mass is 16.4. The predicted molar refractivity (Wildman–Crippen MR) is 78.5 cm³/mol. The van der Waals surface area contributed by atoms with E-state index in [4.69, 9.17) is 5.11 Å². The summed E-state index contributed by atoms with van der Waals surface area (Å²) in [4.78, 5) is 38.9. The van der Waals surface area contributed by atoms with Crippen LogP contribution in [-0.2, 0) is 4.79 Å². The number of carbonyl (C=O) groups excluding carboxylic acids is 2. The smallest absolute Gasteiger partial charge is 0.337 e. The predicted octanol–water partition coefficient (Wildman–Crippen LogP) is 0.961. The van der Waals surface area contributed by atoms with E-state index in [-0.39, 0.29) is 23.7 Å². The lowest BCUT2D eigenvalue weighted by Crippen LogP contribution is -2.44. The van der Waals surface area contributed by atoms with Gasteiger partial charge in [-0.1, -0.05) is 12.1 Å². The van der Waals surface area contributed by atoms with E-state index in [0.29, 0.717) is 0 Å². The molecule has 0 heterocycles. The number of rotatable bonds is 4. The zero-order chi connectivity index (χ0) is 16.2. The zero-order valence-corrected chi connectivity index (χ0v) is 12.5. The van der Waals surface area contributed by atoms with Gasteiger partial charge in [0.15, 0.2) is 0 Å². The van der Waals surface area contributed by atoms with Crippen molar-refractivity contribution >= 4 is 23.6 Å². The Balaban J connectivity index is 2.93. The van der Waals surface area contributed by atoms with Gasteiger partial charge >= 0.3 is 12.0 Å². The molecule has 0 unspecified atom stereocenters. The first kappa shape index (κ1) is 16.5. The minimum atomic E-state index is -1.11. The number of amides is 3. The van der Waals surface area contributed by atoms with Crippen LogP contribution in [0.15, 0.2) is 24.3 Å². The van der Waals surface area contributed by atoms with E-state index in [2.05, 4.69) is 0 Å². The molecule has 0 radical (unpaired) electrons. The van der Waals surface area contributed by atoms with Gasteiger partial charge in [-0.25, -0.2) is 9.59 Å². The fourth-order valence-electron chi connectivity index (χ4n) is 1.72. The molecule has 0 fully saturated rings. The first-order chi connectivity index (χ1) is 9.75. The molecule has 3 amide bonds. The second-order valence-electron chi connectivity index (χ2n) is 4.81. The third-order valence-electron chi connectivity index (χ3n) is 2.98. The normalized spacial score (nSPS) is 9.90. The molecule has 0 atom stereocenters. The standard InChI is InChI=1S/C14H19N3O4/c1-15(2)12(18)9-16(3)14(21)17(4)11-8-6-5-7-10(11)13(19)20/h5-8H,9H2,1-4H3,(H,19,20). The van der Waals surface area contributed by atoms with E-state index in [0.717, 1.165) is 0 Å². The number of urea groups is 1. The minimum absolute atomic E-state index is 0.0284. The van der Waals surface area contributed by atoms with Gasteiger partial charge in [-0.15, -0.1) is 0 Å². The minimum Gasteiger partial charge on any atom is -0.478 e. The fourth-order valence-corrected chi connectivity index (χ4v) is 1.72. The maximum absolute atomic E-state index is 12.3. The molecule has 0 spiro atoms. The van der Waals surface area contributed by atoms with Crippen molar-refractivity contribution in [3.8, 4) is 0 Å². The summed E-state index contributed by atoms with van der Waals surface area (Å²) in [6.45, 7) is -0.0780. The molecule has 7 nitrogen and oxygen atoms in total. The molecular weight excluding hydrogens is 274 g/mol. The van der Waals surface area contributed by atoms with E-state index in [1.54, 1.807) is 32.3 Å². The molecule has 0 bridgehead atoms. The molecule has 0 saturated heterocycles. The van der Waals surface area contributed by atoms with E-state index in [1.165, 1.54) is 34.9 Å². The molecule has 1 N–H and O–H groups in total. The molecular formula is C14H19N3O4. The summed E-state index contributed by atoms with van der Waals surface area (Å²) >= 11 is 0. The molecule has 0 saturated carbocycles. The highest BCUT2D eigenvalue weighted by Crippen LogP contribution is 2.20. The van der Waals surface area contributed by atoms with E-state index >= 15 is 0 Å². The zero-order valence-electron chi connectivity index (χ0n) is 12.5. The number of aromatic carboxylic acids is 1. The molecule has 1 rings (SSSR count). The van der Waals surface area contributed by atoms with Crippen LogP contribution in [0.1, 0.15) is 10.4 Å². The Bertz CT molecular complexity index is 557. The third kappa shape index (κ3) is 3.95. The van der Waals surface area contributed by atoms with Crippen molar-refractivity contribution in [2.24, 2.45) is 0 Å². The molecule has 1 aromatic carbocycles. The van der Waals surface area contributed by atoms with Gasteiger partial charge in [0.2, 0.25) is 5.91 Å². The second kappa shape index (κ2) is 6.74. The van der Waals surface area contributed by atoms with Gasteiger partial charge in [0.25, 0.3) is 0 Å². The van der Waals surface area contributed by atoms with Crippen LogP contribution in [0, 0.1) is 0 Å². The van der Waals surface area contributed by atoms with Crippen LogP contribution in [0.25, 0.3) is 0 Å². The van der Waals surface area contributed by atoms with Crippen molar-refractivity contribution in [3.05, 3.63) is 29.8 Å². The van der Waals surface area contributed by atoms with Gasteiger partial charge in [0.1, 0.15) is 6.54 Å². The number of carbonyl (C=O) groups is 3. The fraction of sp³-hybridized carbons (Fsp3) is 0.357. The number of hydrogen-bond acceptors (Lipinski definition) is 3. The summed E-state index contributed by atoms with van der Waals surface area (Å²) in [5.41, 5.74) is 0.305. The van der Waals surface area contributed by atoms with E-state index in [9.17, 15) is 14.4 Å². The summed E-state index contributed by atoms with van der Waals surface area (Å²) in [6.07, 6.45) is 0. The highest BCUT2D eigenvalue weighted by molar-refractivity contribution is 6.01. The summed E-state index contributed by atoms with van der Waals surface area (Å²) in [5.74, 6) is -1.33. The van der Waals surface area contributed by atoms with Crippen LogP contribution in [0.3, 0.4) is 0 Å². The summed E-state index contributed by atoms with van der Waals surface area (Å²) in [6, 6.07) is 5.75. The lowest BCUT2D eigenvalue weighted by atomic mass is 10.1. The monoisotopic (exact) mass is 293 g/mol. The van der Waals surface area contributed by atoms with Gasteiger partial charge in [-0.3, -0.25) is 9.69 Å². The van der Waals surface area contributed by atoms with Gasteiger partial charge in [-0.2, -0.15) is 0 Å². The van der Waals surface area contributed by atoms with Crippen molar-refractivity contribution in [3.63, 3.8) is 0 Å². The Morgan fingerprint density at radius 2 is 1.62 bits per heavy atom. The number of hydrogen-bond donors (Lipinski definition) is 1. The Morgan fingerprint density at radius 3 is 2.14 bits per heavy atom. The van der Waals surface area contributed by atoms with Crippen LogP contribution < -0.4 is 4.90 Å². The molecule has 0 aliphatic heterocycles. The topological polar surface area (TPSA) is 81.2 Å². The lowest BCUT2D eigenvalue weighted by Gasteiger charge is -2.26. The van der Waals surface area contributed by atoms with Gasteiger partial charge in [0, 0.05) is 28.2 Å². The Hall–Kier alpha value is -2.57. The molecule has 1 aromatic rings. The summed E-state index contributed by atoms with van der Waals surface area (Å²) in [5, 5.41) is 9.14. The molecule has 114 valence electrons. The Kier molecular flexibility index (Phi) is 5.29. The third-order valence-corrected chi connectivity index (χ3v) is 2.98. The quantitative estimate of drug-likeness (QED) is 0.896. The van der Waals surface area contributed by atoms with E-state index in [1.807, 2.05) is 0 Å². The molecule has 0 aliphatic rings. The molecule has 0 aromatic heterocycles. The van der Waals surface area contributed by atoms with Gasteiger partial charge in [0.05, 0.1) is 11.3 Å². The largest absolute Gasteiger partial charge is 0.478 e. The average molecular weight is 293 g/mol. The number of carboxylic acids is 1. The van der Waals surface area contributed by atoms with Crippen molar-refractivity contribution in [1.82, 2.24) is 9.80 Å². The number of likely N-dealkylation sites (N-methyl/N-ethyl adjacent to an activating group) is 2. The average Bonchev–Trinajstić information content (AvgIpc) is 2.45.